The van der Waals surface area contributed by atoms with Crippen LogP contribution in [-0.4, -0.2) is 24.7 Å². The van der Waals surface area contributed by atoms with E-state index in [0.717, 1.165) is 12.0 Å². The summed E-state index contributed by atoms with van der Waals surface area (Å²) in [5, 5.41) is 3.97. The van der Waals surface area contributed by atoms with Crippen molar-refractivity contribution in [2.45, 2.75) is 24.8 Å². The molecular formula is C13H18N4O2S. The van der Waals surface area contributed by atoms with Crippen LogP contribution < -0.4 is 10.5 Å². The van der Waals surface area contributed by atoms with Crippen LogP contribution in [-0.2, 0) is 23.0 Å². The highest BCUT2D eigenvalue weighted by Gasteiger charge is 2.17. The number of rotatable bonds is 6. The van der Waals surface area contributed by atoms with Gasteiger partial charge in [-0.3, -0.25) is 9.40 Å². The van der Waals surface area contributed by atoms with Gasteiger partial charge >= 0.3 is 0 Å². The first-order valence-corrected chi connectivity index (χ1v) is 7.88. The van der Waals surface area contributed by atoms with Crippen molar-refractivity contribution in [2.75, 3.05) is 11.3 Å². The van der Waals surface area contributed by atoms with Crippen LogP contribution in [0.4, 0.5) is 5.69 Å². The molecular weight excluding hydrogens is 276 g/mol. The minimum absolute atomic E-state index is 0.136. The number of nitrogens with one attached hydrogen (secondary N) is 1. The van der Waals surface area contributed by atoms with Crippen molar-refractivity contribution in [1.82, 2.24) is 9.78 Å². The van der Waals surface area contributed by atoms with Gasteiger partial charge in [0.15, 0.2) is 0 Å². The van der Waals surface area contributed by atoms with Crippen molar-refractivity contribution >= 4 is 15.7 Å². The number of aryl methyl sites for hydroxylation is 1. The molecule has 0 saturated carbocycles. The van der Waals surface area contributed by atoms with E-state index in [-0.39, 0.29) is 4.90 Å². The second kappa shape index (κ2) is 6.06. The van der Waals surface area contributed by atoms with Crippen LogP contribution in [0.2, 0.25) is 0 Å². The molecule has 108 valence electrons. The fourth-order valence-corrected chi connectivity index (χ4v) is 2.92. The SMILES string of the molecule is CCc1ccccc1NS(=O)(=O)c1cnn(CCN)c1. The first-order chi connectivity index (χ1) is 9.56. The number of benzene rings is 1. The van der Waals surface area contributed by atoms with Gasteiger partial charge < -0.3 is 5.73 Å². The van der Waals surface area contributed by atoms with E-state index < -0.39 is 10.0 Å². The first-order valence-electron chi connectivity index (χ1n) is 6.40. The summed E-state index contributed by atoms with van der Waals surface area (Å²) < 4.78 is 28.7. The molecule has 0 atom stereocenters. The Balaban J connectivity index is 2.26. The number of anilines is 1. The fraction of sp³-hybridized carbons (Fsp3) is 0.308. The maximum absolute atomic E-state index is 12.3. The number of nitrogens with two attached hydrogens (primary N) is 1. The lowest BCUT2D eigenvalue weighted by Crippen LogP contribution is -2.14. The van der Waals surface area contributed by atoms with E-state index >= 15 is 0 Å². The molecule has 0 aliphatic rings. The monoisotopic (exact) mass is 294 g/mol. The molecule has 0 unspecified atom stereocenters. The molecule has 1 aromatic carbocycles. The standard InChI is InChI=1S/C13H18N4O2S/c1-2-11-5-3-4-6-13(11)16-20(18,19)12-9-15-17(10-12)8-7-14/h3-6,9-10,16H,2,7-8,14H2,1H3. The molecule has 0 radical (unpaired) electrons. The van der Waals surface area contributed by atoms with Gasteiger partial charge in [-0.05, 0) is 18.1 Å². The molecule has 0 amide bonds. The van der Waals surface area contributed by atoms with Gasteiger partial charge in [-0.15, -0.1) is 0 Å². The minimum Gasteiger partial charge on any atom is -0.329 e. The van der Waals surface area contributed by atoms with E-state index in [9.17, 15) is 8.42 Å². The zero-order chi connectivity index (χ0) is 14.6. The summed E-state index contributed by atoms with van der Waals surface area (Å²) in [6.45, 7) is 2.88. The molecule has 20 heavy (non-hydrogen) atoms. The topological polar surface area (TPSA) is 90.0 Å². The Labute approximate surface area is 118 Å². The van der Waals surface area contributed by atoms with Gasteiger partial charge in [-0.2, -0.15) is 5.10 Å². The van der Waals surface area contributed by atoms with Crippen LogP contribution in [0.15, 0.2) is 41.6 Å². The second-order valence-electron chi connectivity index (χ2n) is 4.34. The molecule has 0 aliphatic carbocycles. The molecule has 0 saturated heterocycles. The van der Waals surface area contributed by atoms with Gasteiger partial charge in [-0.1, -0.05) is 25.1 Å². The number of nitrogens with zero attached hydrogens (tertiary/aromatic N) is 2. The van der Waals surface area contributed by atoms with Gasteiger partial charge in [0.2, 0.25) is 0 Å². The molecule has 2 aromatic rings. The van der Waals surface area contributed by atoms with Crippen LogP contribution in [0.5, 0.6) is 0 Å². The molecule has 1 aromatic heterocycles. The second-order valence-corrected chi connectivity index (χ2v) is 6.03. The van der Waals surface area contributed by atoms with E-state index in [4.69, 9.17) is 5.73 Å². The average molecular weight is 294 g/mol. The van der Waals surface area contributed by atoms with E-state index in [0.29, 0.717) is 18.8 Å². The quantitative estimate of drug-likeness (QED) is 0.837. The highest BCUT2D eigenvalue weighted by Crippen LogP contribution is 2.20. The van der Waals surface area contributed by atoms with Crippen LogP contribution >= 0.6 is 0 Å². The summed E-state index contributed by atoms with van der Waals surface area (Å²) in [6, 6.07) is 7.33. The van der Waals surface area contributed by atoms with Crippen molar-refractivity contribution in [3.8, 4) is 0 Å². The Morgan fingerprint density at radius 3 is 2.80 bits per heavy atom. The van der Waals surface area contributed by atoms with Crippen LogP contribution in [0, 0.1) is 0 Å². The largest absolute Gasteiger partial charge is 0.329 e. The Kier molecular flexibility index (Phi) is 4.41. The van der Waals surface area contributed by atoms with Gasteiger partial charge in [0.05, 0.1) is 18.4 Å². The third kappa shape index (κ3) is 3.17. The van der Waals surface area contributed by atoms with Gasteiger partial charge in [0.25, 0.3) is 10.0 Å². The number of para-hydroxylation sites is 1. The fourth-order valence-electron chi connectivity index (χ4n) is 1.87. The van der Waals surface area contributed by atoms with Crippen molar-refractivity contribution in [3.05, 3.63) is 42.2 Å². The molecule has 6 nitrogen and oxygen atoms in total. The first kappa shape index (κ1) is 14.5. The number of sulfonamides is 1. The number of hydrogen-bond acceptors (Lipinski definition) is 4. The third-order valence-corrected chi connectivity index (χ3v) is 4.24. The van der Waals surface area contributed by atoms with Gasteiger partial charge in [0, 0.05) is 12.7 Å². The maximum Gasteiger partial charge on any atom is 0.265 e. The molecule has 0 bridgehead atoms. The van der Waals surface area contributed by atoms with Gasteiger partial charge in [-0.25, -0.2) is 8.42 Å². The Bertz CT molecular complexity index is 679. The lowest BCUT2D eigenvalue weighted by molar-refractivity contribution is 0.599. The molecule has 1 heterocycles. The van der Waals surface area contributed by atoms with E-state index in [1.54, 1.807) is 12.1 Å². The lowest BCUT2D eigenvalue weighted by Gasteiger charge is -2.10. The summed E-state index contributed by atoms with van der Waals surface area (Å²) in [4.78, 5) is 0.136. The summed E-state index contributed by atoms with van der Waals surface area (Å²) in [5.41, 5.74) is 6.96. The van der Waals surface area contributed by atoms with Crippen molar-refractivity contribution in [3.63, 3.8) is 0 Å². The zero-order valence-corrected chi connectivity index (χ0v) is 12.1. The maximum atomic E-state index is 12.3. The van der Waals surface area contributed by atoms with Crippen molar-refractivity contribution in [1.29, 1.82) is 0 Å². The molecule has 0 aliphatic heterocycles. The summed E-state index contributed by atoms with van der Waals surface area (Å²) in [6.07, 6.45) is 3.56. The summed E-state index contributed by atoms with van der Waals surface area (Å²) >= 11 is 0. The Morgan fingerprint density at radius 1 is 1.35 bits per heavy atom. The molecule has 7 heteroatoms. The van der Waals surface area contributed by atoms with Crippen LogP contribution in [0.1, 0.15) is 12.5 Å². The smallest absolute Gasteiger partial charge is 0.265 e. The van der Waals surface area contributed by atoms with Gasteiger partial charge in [0.1, 0.15) is 4.90 Å². The van der Waals surface area contributed by atoms with Crippen molar-refractivity contribution in [2.24, 2.45) is 5.73 Å². The van der Waals surface area contributed by atoms with E-state index in [1.165, 1.54) is 17.1 Å². The van der Waals surface area contributed by atoms with E-state index in [2.05, 4.69) is 9.82 Å². The molecule has 0 fully saturated rings. The Morgan fingerprint density at radius 2 is 2.10 bits per heavy atom. The minimum atomic E-state index is -3.62. The van der Waals surface area contributed by atoms with Crippen LogP contribution in [0.3, 0.4) is 0 Å². The number of hydrogen-bond donors (Lipinski definition) is 2. The summed E-state index contributed by atoms with van der Waals surface area (Å²) in [5.74, 6) is 0. The highest BCUT2D eigenvalue weighted by molar-refractivity contribution is 7.92. The predicted octanol–water partition coefficient (Wildman–Crippen LogP) is 1.20. The van der Waals surface area contributed by atoms with Crippen LogP contribution in [0.25, 0.3) is 0 Å². The zero-order valence-electron chi connectivity index (χ0n) is 11.3. The Hall–Kier alpha value is -1.86. The van der Waals surface area contributed by atoms with E-state index in [1.807, 2.05) is 19.1 Å². The van der Waals surface area contributed by atoms with Crippen molar-refractivity contribution < 1.29 is 8.42 Å². The highest BCUT2D eigenvalue weighted by atomic mass is 32.2. The normalized spacial score (nSPS) is 11.5. The molecule has 2 rings (SSSR count). The third-order valence-electron chi connectivity index (χ3n) is 2.92. The summed E-state index contributed by atoms with van der Waals surface area (Å²) in [7, 11) is -3.62. The molecule has 3 N–H and O–H groups in total. The lowest BCUT2D eigenvalue weighted by atomic mass is 10.1. The predicted molar refractivity (Wildman–Crippen MR) is 77.9 cm³/mol. The molecule has 0 spiro atoms. The number of aromatic nitrogens is 2. The average Bonchev–Trinajstić information content (AvgIpc) is 2.89.